The molecule has 120 valence electrons. The molecular formula is C15H9F4NO3. The summed E-state index contributed by atoms with van der Waals surface area (Å²) in [6.45, 7) is -0.899. The van der Waals surface area contributed by atoms with Crippen LogP contribution in [-0.2, 0) is 9.53 Å². The van der Waals surface area contributed by atoms with E-state index in [1.165, 1.54) is 0 Å². The molecule has 1 N–H and O–H groups in total. The molecule has 0 atom stereocenters. The Kier molecular flexibility index (Phi) is 4.95. The molecule has 2 aromatic carbocycles. The number of benzene rings is 2. The lowest BCUT2D eigenvalue weighted by Crippen LogP contribution is -2.22. The van der Waals surface area contributed by atoms with Crippen molar-refractivity contribution in [2.75, 3.05) is 11.9 Å². The molecule has 0 saturated heterocycles. The highest BCUT2D eigenvalue weighted by molar-refractivity contribution is 5.95. The van der Waals surface area contributed by atoms with Gasteiger partial charge in [-0.3, -0.25) is 4.79 Å². The molecule has 1 amide bonds. The Balaban J connectivity index is 1.98. The molecule has 23 heavy (non-hydrogen) atoms. The summed E-state index contributed by atoms with van der Waals surface area (Å²) in [6, 6.07) is 5.21. The molecule has 0 radical (unpaired) electrons. The standard InChI is InChI=1S/C15H9F4NO3/c16-8-4-5-12(11(19)6-8)20-13(21)7-23-15(22)14-9(17)2-1-3-10(14)18/h1-6H,7H2,(H,20,21). The van der Waals surface area contributed by atoms with Crippen LogP contribution in [0.5, 0.6) is 0 Å². The lowest BCUT2D eigenvalue weighted by atomic mass is 10.2. The number of carbonyl (C=O) groups excluding carboxylic acids is 2. The monoisotopic (exact) mass is 327 g/mol. The molecule has 4 nitrogen and oxygen atoms in total. The Bertz CT molecular complexity index is 744. The summed E-state index contributed by atoms with van der Waals surface area (Å²) in [4.78, 5) is 23.1. The second kappa shape index (κ2) is 6.91. The second-order valence-electron chi connectivity index (χ2n) is 4.35. The van der Waals surface area contributed by atoms with Gasteiger partial charge in [-0.2, -0.15) is 0 Å². The van der Waals surface area contributed by atoms with Gasteiger partial charge in [0.1, 0.15) is 28.8 Å². The Morgan fingerprint density at radius 2 is 1.61 bits per heavy atom. The first-order valence-electron chi connectivity index (χ1n) is 6.24. The van der Waals surface area contributed by atoms with Gasteiger partial charge in [-0.05, 0) is 24.3 Å². The van der Waals surface area contributed by atoms with Crippen LogP contribution >= 0.6 is 0 Å². The van der Waals surface area contributed by atoms with Crippen molar-refractivity contribution in [3.8, 4) is 0 Å². The van der Waals surface area contributed by atoms with Gasteiger partial charge in [0.25, 0.3) is 5.91 Å². The molecule has 0 aromatic heterocycles. The maximum Gasteiger partial charge on any atom is 0.344 e. The topological polar surface area (TPSA) is 55.4 Å². The van der Waals surface area contributed by atoms with E-state index in [1.807, 2.05) is 5.32 Å². The van der Waals surface area contributed by atoms with Crippen molar-refractivity contribution in [2.45, 2.75) is 0 Å². The zero-order valence-corrected chi connectivity index (χ0v) is 11.4. The highest BCUT2D eigenvalue weighted by atomic mass is 19.1. The maximum atomic E-state index is 13.3. The number of carbonyl (C=O) groups is 2. The Morgan fingerprint density at radius 1 is 0.957 bits per heavy atom. The molecule has 0 fully saturated rings. The van der Waals surface area contributed by atoms with Gasteiger partial charge < -0.3 is 10.1 Å². The fourth-order valence-corrected chi connectivity index (χ4v) is 1.67. The van der Waals surface area contributed by atoms with Crippen LogP contribution in [0.2, 0.25) is 0 Å². The van der Waals surface area contributed by atoms with Crippen molar-refractivity contribution in [3.63, 3.8) is 0 Å². The number of esters is 1. The van der Waals surface area contributed by atoms with Crippen LogP contribution in [0, 0.1) is 23.3 Å². The molecular weight excluding hydrogens is 318 g/mol. The normalized spacial score (nSPS) is 10.3. The predicted molar refractivity (Wildman–Crippen MR) is 71.6 cm³/mol. The van der Waals surface area contributed by atoms with E-state index in [9.17, 15) is 27.2 Å². The number of anilines is 1. The molecule has 0 spiro atoms. The van der Waals surface area contributed by atoms with Crippen molar-refractivity contribution in [1.29, 1.82) is 0 Å². The van der Waals surface area contributed by atoms with Gasteiger partial charge in [0.15, 0.2) is 6.61 Å². The van der Waals surface area contributed by atoms with Crippen LogP contribution in [0.1, 0.15) is 10.4 Å². The highest BCUT2D eigenvalue weighted by Crippen LogP contribution is 2.15. The first-order chi connectivity index (χ1) is 10.9. The van der Waals surface area contributed by atoms with E-state index in [0.717, 1.165) is 30.3 Å². The molecule has 2 aromatic rings. The van der Waals surface area contributed by atoms with Gasteiger partial charge in [-0.1, -0.05) is 6.07 Å². The first kappa shape index (κ1) is 16.5. The lowest BCUT2D eigenvalue weighted by molar-refractivity contribution is -0.119. The molecule has 8 heteroatoms. The first-order valence-corrected chi connectivity index (χ1v) is 6.24. The van der Waals surface area contributed by atoms with Gasteiger partial charge in [-0.25, -0.2) is 22.4 Å². The Morgan fingerprint density at radius 3 is 2.22 bits per heavy atom. The highest BCUT2D eigenvalue weighted by Gasteiger charge is 2.19. The van der Waals surface area contributed by atoms with E-state index in [1.54, 1.807) is 0 Å². The van der Waals surface area contributed by atoms with E-state index in [-0.39, 0.29) is 5.69 Å². The summed E-state index contributed by atoms with van der Waals surface area (Å²) in [7, 11) is 0. The molecule has 0 aliphatic heterocycles. The van der Waals surface area contributed by atoms with Crippen LogP contribution in [-0.4, -0.2) is 18.5 Å². The van der Waals surface area contributed by atoms with Gasteiger partial charge in [0, 0.05) is 6.07 Å². The number of amides is 1. The largest absolute Gasteiger partial charge is 0.452 e. The quantitative estimate of drug-likeness (QED) is 0.694. The Labute approximate surface area is 127 Å². The zero-order chi connectivity index (χ0) is 17.0. The summed E-state index contributed by atoms with van der Waals surface area (Å²) in [5.74, 6) is -6.47. The van der Waals surface area contributed by atoms with Gasteiger partial charge in [0.2, 0.25) is 0 Å². The second-order valence-corrected chi connectivity index (χ2v) is 4.35. The van der Waals surface area contributed by atoms with E-state index in [0.29, 0.717) is 6.07 Å². The SMILES string of the molecule is O=C(COC(=O)c1c(F)cccc1F)Nc1ccc(F)cc1F. The average molecular weight is 327 g/mol. The van der Waals surface area contributed by atoms with E-state index >= 15 is 0 Å². The van der Waals surface area contributed by atoms with Crippen LogP contribution < -0.4 is 5.32 Å². The zero-order valence-electron chi connectivity index (χ0n) is 11.4. The van der Waals surface area contributed by atoms with Crippen molar-refractivity contribution in [2.24, 2.45) is 0 Å². The number of hydrogen-bond donors (Lipinski definition) is 1. The molecule has 0 unspecified atom stereocenters. The van der Waals surface area contributed by atoms with Crippen molar-refractivity contribution < 1.29 is 31.9 Å². The van der Waals surface area contributed by atoms with Crippen LogP contribution in [0.15, 0.2) is 36.4 Å². The van der Waals surface area contributed by atoms with Crippen molar-refractivity contribution in [1.82, 2.24) is 0 Å². The molecule has 0 bridgehead atoms. The number of ether oxygens (including phenoxy) is 1. The molecule has 0 heterocycles. The number of nitrogens with one attached hydrogen (secondary N) is 1. The molecule has 2 rings (SSSR count). The minimum Gasteiger partial charge on any atom is -0.452 e. The fraction of sp³-hybridized carbons (Fsp3) is 0.0667. The van der Waals surface area contributed by atoms with Crippen LogP contribution in [0.25, 0.3) is 0 Å². The van der Waals surface area contributed by atoms with Crippen molar-refractivity contribution >= 4 is 17.6 Å². The smallest absolute Gasteiger partial charge is 0.344 e. The third kappa shape index (κ3) is 4.06. The molecule has 0 aliphatic carbocycles. The fourth-order valence-electron chi connectivity index (χ4n) is 1.67. The maximum absolute atomic E-state index is 13.3. The summed E-state index contributed by atoms with van der Waals surface area (Å²) in [5, 5.41) is 2.03. The molecule has 0 saturated carbocycles. The minimum absolute atomic E-state index is 0.329. The summed E-state index contributed by atoms with van der Waals surface area (Å²) in [5.41, 5.74) is -1.27. The number of rotatable bonds is 4. The third-order valence-corrected chi connectivity index (χ3v) is 2.71. The predicted octanol–water partition coefficient (Wildman–Crippen LogP) is 3.04. The van der Waals surface area contributed by atoms with Gasteiger partial charge >= 0.3 is 5.97 Å². The van der Waals surface area contributed by atoms with Crippen LogP contribution in [0.4, 0.5) is 23.2 Å². The van der Waals surface area contributed by atoms with Gasteiger partial charge in [-0.15, -0.1) is 0 Å². The van der Waals surface area contributed by atoms with Gasteiger partial charge in [0.05, 0.1) is 5.69 Å². The average Bonchev–Trinajstić information content (AvgIpc) is 2.48. The van der Waals surface area contributed by atoms with E-state index in [2.05, 4.69) is 4.74 Å². The van der Waals surface area contributed by atoms with E-state index < -0.39 is 47.3 Å². The summed E-state index contributed by atoms with van der Waals surface area (Å²) >= 11 is 0. The van der Waals surface area contributed by atoms with Crippen molar-refractivity contribution in [3.05, 3.63) is 65.2 Å². The number of hydrogen-bond acceptors (Lipinski definition) is 3. The third-order valence-electron chi connectivity index (χ3n) is 2.71. The summed E-state index contributed by atoms with van der Waals surface area (Å²) < 4.78 is 57.2. The Hall–Kier alpha value is -2.90. The minimum atomic E-state index is -1.38. The lowest BCUT2D eigenvalue weighted by Gasteiger charge is -2.08. The van der Waals surface area contributed by atoms with Crippen LogP contribution in [0.3, 0.4) is 0 Å². The van der Waals surface area contributed by atoms with E-state index in [4.69, 9.17) is 0 Å². The summed E-state index contributed by atoms with van der Waals surface area (Å²) in [6.07, 6.45) is 0. The molecule has 0 aliphatic rings. The number of halogens is 4.